The van der Waals surface area contributed by atoms with Crippen molar-refractivity contribution in [2.24, 2.45) is 0 Å². The Morgan fingerprint density at radius 3 is 2.86 bits per heavy atom. The molecule has 0 N–H and O–H groups in total. The van der Waals surface area contributed by atoms with Crippen LogP contribution in [0.5, 0.6) is 0 Å². The van der Waals surface area contributed by atoms with Gasteiger partial charge >= 0.3 is 0 Å². The molecule has 0 bridgehead atoms. The molecule has 1 aromatic carbocycles. The summed E-state index contributed by atoms with van der Waals surface area (Å²) in [6.07, 6.45) is 2.47. The van der Waals surface area contributed by atoms with Crippen molar-refractivity contribution in [3.05, 3.63) is 33.8 Å². The van der Waals surface area contributed by atoms with E-state index in [0.29, 0.717) is 28.2 Å². The van der Waals surface area contributed by atoms with Crippen LogP contribution in [-0.4, -0.2) is 54.9 Å². The highest BCUT2D eigenvalue weighted by Crippen LogP contribution is 2.22. The molecule has 1 heterocycles. The summed E-state index contributed by atoms with van der Waals surface area (Å²) >= 11 is 12.0. The second kappa shape index (κ2) is 7.59. The molecular weight excluding hydrogens is 307 g/mol. The Morgan fingerprint density at radius 2 is 2.19 bits per heavy atom. The topological polar surface area (TPSA) is 23.6 Å². The maximum absolute atomic E-state index is 12.3. The molecule has 0 aliphatic carbocycles. The van der Waals surface area contributed by atoms with Crippen LogP contribution in [0.3, 0.4) is 0 Å². The van der Waals surface area contributed by atoms with Crippen molar-refractivity contribution in [2.45, 2.75) is 25.8 Å². The van der Waals surface area contributed by atoms with Crippen molar-refractivity contribution >= 4 is 29.0 Å². The molecule has 3 nitrogen and oxygen atoms in total. The fraction of sp³-hybridized carbons (Fsp3) is 0.562. The monoisotopic (exact) mass is 328 g/mol. The highest BCUT2D eigenvalue weighted by molar-refractivity contribution is 6.36. The zero-order valence-corrected chi connectivity index (χ0v) is 14.1. The summed E-state index contributed by atoms with van der Waals surface area (Å²) in [5.41, 5.74) is 0.548. The molecule has 116 valence electrons. The Morgan fingerprint density at radius 1 is 1.43 bits per heavy atom. The van der Waals surface area contributed by atoms with E-state index in [4.69, 9.17) is 23.2 Å². The second-order valence-corrected chi connectivity index (χ2v) is 6.51. The average molecular weight is 329 g/mol. The zero-order chi connectivity index (χ0) is 15.4. The quantitative estimate of drug-likeness (QED) is 0.745. The van der Waals surface area contributed by atoms with Gasteiger partial charge < -0.3 is 0 Å². The van der Waals surface area contributed by atoms with Crippen LogP contribution in [0.15, 0.2) is 18.2 Å². The van der Waals surface area contributed by atoms with Gasteiger partial charge in [0.05, 0.1) is 11.6 Å². The lowest BCUT2D eigenvalue weighted by Gasteiger charge is -2.27. The first kappa shape index (κ1) is 16.8. The van der Waals surface area contributed by atoms with E-state index in [1.807, 2.05) is 7.05 Å². The Bertz CT molecular complexity index is 507. The predicted octanol–water partition coefficient (Wildman–Crippen LogP) is 3.59. The van der Waals surface area contributed by atoms with Crippen molar-refractivity contribution in [3.8, 4) is 0 Å². The average Bonchev–Trinajstić information content (AvgIpc) is 2.85. The van der Waals surface area contributed by atoms with Gasteiger partial charge in [0.1, 0.15) is 0 Å². The largest absolute Gasteiger partial charge is 0.299 e. The first-order valence-electron chi connectivity index (χ1n) is 7.42. The van der Waals surface area contributed by atoms with E-state index in [1.165, 1.54) is 19.4 Å². The molecule has 0 aromatic heterocycles. The molecule has 0 amide bonds. The maximum atomic E-state index is 12.3. The third kappa shape index (κ3) is 4.43. The molecule has 1 aliphatic rings. The fourth-order valence-corrected chi connectivity index (χ4v) is 3.50. The zero-order valence-electron chi connectivity index (χ0n) is 12.6. The van der Waals surface area contributed by atoms with Gasteiger partial charge in [0.15, 0.2) is 5.78 Å². The summed E-state index contributed by atoms with van der Waals surface area (Å²) in [5, 5.41) is 0.978. The van der Waals surface area contributed by atoms with Crippen LogP contribution in [0.1, 0.15) is 30.1 Å². The van der Waals surface area contributed by atoms with Gasteiger partial charge in [-0.15, -0.1) is 0 Å². The van der Waals surface area contributed by atoms with Crippen LogP contribution in [0.2, 0.25) is 10.0 Å². The molecule has 0 saturated carbocycles. The van der Waals surface area contributed by atoms with Gasteiger partial charge in [0.25, 0.3) is 0 Å². The van der Waals surface area contributed by atoms with Crippen molar-refractivity contribution in [1.82, 2.24) is 9.80 Å². The minimum atomic E-state index is 0.0419. The first-order valence-corrected chi connectivity index (χ1v) is 8.17. The number of benzene rings is 1. The normalized spacial score (nSPS) is 19.4. The van der Waals surface area contributed by atoms with E-state index in [2.05, 4.69) is 16.7 Å². The number of hydrogen-bond acceptors (Lipinski definition) is 3. The maximum Gasteiger partial charge on any atom is 0.178 e. The minimum absolute atomic E-state index is 0.0419. The third-order valence-electron chi connectivity index (χ3n) is 4.07. The molecule has 0 spiro atoms. The van der Waals surface area contributed by atoms with Crippen molar-refractivity contribution in [3.63, 3.8) is 0 Å². The Kier molecular flexibility index (Phi) is 6.06. The number of nitrogens with zero attached hydrogens (tertiary/aromatic N) is 2. The third-order valence-corrected chi connectivity index (χ3v) is 4.62. The number of carbonyl (C=O) groups excluding carboxylic acids is 1. The molecule has 1 aliphatic heterocycles. The van der Waals surface area contributed by atoms with Crippen molar-refractivity contribution < 1.29 is 4.79 Å². The molecule has 1 fully saturated rings. The number of hydrogen-bond donors (Lipinski definition) is 0. The standard InChI is InChI=1S/C16H22Cl2N2O/c1-3-20-8-4-5-13(20)10-19(2)11-16(21)14-7-6-12(17)9-15(14)18/h6-7,9,13H,3-5,8,10-11H2,1-2H3. The van der Waals surface area contributed by atoms with Gasteiger partial charge in [-0.05, 0) is 51.2 Å². The van der Waals surface area contributed by atoms with Gasteiger partial charge in [-0.3, -0.25) is 14.6 Å². The minimum Gasteiger partial charge on any atom is -0.299 e. The molecule has 2 rings (SSSR count). The fourth-order valence-electron chi connectivity index (χ4n) is 2.99. The number of ketones is 1. The van der Waals surface area contributed by atoms with Crippen LogP contribution in [0, 0.1) is 0 Å². The van der Waals surface area contributed by atoms with Gasteiger partial charge in [0.2, 0.25) is 0 Å². The molecule has 1 atom stereocenters. The van der Waals surface area contributed by atoms with Crippen LogP contribution < -0.4 is 0 Å². The summed E-state index contributed by atoms with van der Waals surface area (Å²) in [6, 6.07) is 5.59. The van der Waals surface area contributed by atoms with Crippen LogP contribution in [-0.2, 0) is 0 Å². The smallest absolute Gasteiger partial charge is 0.178 e. The summed E-state index contributed by atoms with van der Waals surface area (Å²) < 4.78 is 0. The number of halogens is 2. The Hall–Kier alpha value is -0.610. The number of Topliss-reactive ketones (excluding diaryl/α,β-unsaturated/α-hetero) is 1. The van der Waals surface area contributed by atoms with Crippen molar-refractivity contribution in [2.75, 3.05) is 33.2 Å². The molecule has 5 heteroatoms. The first-order chi connectivity index (χ1) is 10.0. The lowest BCUT2D eigenvalue weighted by atomic mass is 10.1. The van der Waals surface area contributed by atoms with Crippen LogP contribution in [0.4, 0.5) is 0 Å². The molecule has 1 saturated heterocycles. The molecule has 21 heavy (non-hydrogen) atoms. The van der Waals surface area contributed by atoms with E-state index < -0.39 is 0 Å². The van der Waals surface area contributed by atoms with Gasteiger partial charge in [-0.2, -0.15) is 0 Å². The molecule has 0 radical (unpaired) electrons. The van der Waals surface area contributed by atoms with Gasteiger partial charge in [-0.25, -0.2) is 0 Å². The van der Waals surface area contributed by atoms with E-state index in [1.54, 1.807) is 18.2 Å². The highest BCUT2D eigenvalue weighted by atomic mass is 35.5. The van der Waals surface area contributed by atoms with E-state index in [-0.39, 0.29) is 5.78 Å². The summed E-state index contributed by atoms with van der Waals surface area (Å²) in [6.45, 7) is 5.75. The van der Waals surface area contributed by atoms with Gasteiger partial charge in [-0.1, -0.05) is 30.1 Å². The van der Waals surface area contributed by atoms with Crippen molar-refractivity contribution in [1.29, 1.82) is 0 Å². The summed E-state index contributed by atoms with van der Waals surface area (Å²) in [4.78, 5) is 16.9. The molecule has 1 unspecified atom stereocenters. The van der Waals surface area contributed by atoms with E-state index in [0.717, 1.165) is 13.1 Å². The molecule has 1 aromatic rings. The second-order valence-electron chi connectivity index (χ2n) is 5.67. The number of likely N-dealkylation sites (tertiary alicyclic amines) is 1. The summed E-state index contributed by atoms with van der Waals surface area (Å²) in [7, 11) is 1.99. The van der Waals surface area contributed by atoms with Crippen LogP contribution in [0.25, 0.3) is 0 Å². The Labute approximate surface area is 136 Å². The van der Waals surface area contributed by atoms with E-state index >= 15 is 0 Å². The van der Waals surface area contributed by atoms with Gasteiger partial charge in [0, 0.05) is 23.2 Å². The lowest BCUT2D eigenvalue weighted by Crippen LogP contribution is -2.40. The highest BCUT2D eigenvalue weighted by Gasteiger charge is 2.24. The number of rotatable bonds is 6. The number of likely N-dealkylation sites (N-methyl/N-ethyl adjacent to an activating group) is 2. The Balaban J connectivity index is 1.92. The summed E-state index contributed by atoms with van der Waals surface area (Å²) in [5.74, 6) is 0.0419. The SMILES string of the molecule is CCN1CCCC1CN(C)CC(=O)c1ccc(Cl)cc1Cl. The predicted molar refractivity (Wildman–Crippen MR) is 88.6 cm³/mol. The van der Waals surface area contributed by atoms with Crippen LogP contribution >= 0.6 is 23.2 Å². The van der Waals surface area contributed by atoms with E-state index in [9.17, 15) is 4.79 Å². The number of carbonyl (C=O) groups is 1. The molecular formula is C16H22Cl2N2O. The lowest BCUT2D eigenvalue weighted by molar-refractivity contribution is 0.0929.